The Morgan fingerprint density at radius 3 is 2.58 bits per heavy atom. The second-order valence-corrected chi connectivity index (χ2v) is 5.03. The summed E-state index contributed by atoms with van der Waals surface area (Å²) in [4.78, 5) is 12.5. The van der Waals surface area contributed by atoms with Crippen LogP contribution in [-0.4, -0.2) is 31.1 Å². The van der Waals surface area contributed by atoms with Gasteiger partial charge in [0.15, 0.2) is 0 Å². The summed E-state index contributed by atoms with van der Waals surface area (Å²) < 4.78 is 0. The normalized spacial score (nSPS) is 17.9. The summed E-state index contributed by atoms with van der Waals surface area (Å²) in [7, 11) is 0. The van der Waals surface area contributed by atoms with Gasteiger partial charge >= 0.3 is 0 Å². The molecule has 1 aromatic rings. The smallest absolute Gasteiger partial charge is 0.240 e. The van der Waals surface area contributed by atoms with Crippen LogP contribution in [0.25, 0.3) is 0 Å². The van der Waals surface area contributed by atoms with Crippen LogP contribution >= 0.6 is 0 Å². The lowest BCUT2D eigenvalue weighted by Gasteiger charge is -2.36. The van der Waals surface area contributed by atoms with E-state index in [2.05, 4.69) is 16.0 Å². The van der Waals surface area contributed by atoms with Crippen LogP contribution in [-0.2, 0) is 11.3 Å². The minimum atomic E-state index is -0.394. The van der Waals surface area contributed by atoms with Gasteiger partial charge in [-0.15, -0.1) is 0 Å². The molecule has 1 heterocycles. The maximum absolute atomic E-state index is 12.5. The first-order valence-corrected chi connectivity index (χ1v) is 7.05. The Labute approximate surface area is 115 Å². The number of amides is 1. The molecule has 4 heteroatoms. The van der Waals surface area contributed by atoms with Crippen molar-refractivity contribution in [2.45, 2.75) is 31.8 Å². The van der Waals surface area contributed by atoms with Crippen molar-refractivity contribution in [3.63, 3.8) is 0 Å². The molecule has 1 aliphatic heterocycles. The van der Waals surface area contributed by atoms with Crippen LogP contribution in [0.3, 0.4) is 0 Å². The summed E-state index contributed by atoms with van der Waals surface area (Å²) >= 11 is 0. The van der Waals surface area contributed by atoms with Gasteiger partial charge in [-0.25, -0.2) is 0 Å². The zero-order valence-corrected chi connectivity index (χ0v) is 11.5. The second-order valence-electron chi connectivity index (χ2n) is 5.03. The third-order valence-electron chi connectivity index (χ3n) is 3.70. The van der Waals surface area contributed by atoms with Crippen LogP contribution < -0.4 is 16.0 Å². The molecule has 2 rings (SSSR count). The predicted molar refractivity (Wildman–Crippen MR) is 76.8 cm³/mol. The molecule has 0 unspecified atom stereocenters. The van der Waals surface area contributed by atoms with Crippen LogP contribution in [0.2, 0.25) is 0 Å². The van der Waals surface area contributed by atoms with Gasteiger partial charge in [0.05, 0.1) is 0 Å². The van der Waals surface area contributed by atoms with Gasteiger partial charge in [0, 0.05) is 6.54 Å². The van der Waals surface area contributed by atoms with E-state index in [0.717, 1.165) is 38.0 Å². The number of likely N-dealkylation sites (N-methyl/N-ethyl adjacent to an activating group) is 1. The minimum absolute atomic E-state index is 0.125. The van der Waals surface area contributed by atoms with Gasteiger partial charge in [0.25, 0.3) is 0 Å². The highest BCUT2D eigenvalue weighted by molar-refractivity contribution is 5.86. The van der Waals surface area contributed by atoms with Crippen molar-refractivity contribution in [1.29, 1.82) is 0 Å². The lowest BCUT2D eigenvalue weighted by molar-refractivity contribution is -0.129. The highest BCUT2D eigenvalue weighted by atomic mass is 16.2. The molecule has 1 amide bonds. The SMILES string of the molecule is CCNC1(C(=O)NCc2ccccc2)CCNCC1. The molecule has 1 aromatic carbocycles. The molecule has 3 N–H and O–H groups in total. The standard InChI is InChI=1S/C15H23N3O/c1-2-18-15(8-10-16-11-9-15)14(19)17-12-13-6-4-3-5-7-13/h3-7,16,18H,2,8-12H2,1H3,(H,17,19). The van der Waals surface area contributed by atoms with E-state index in [1.807, 2.05) is 37.3 Å². The van der Waals surface area contributed by atoms with E-state index in [4.69, 9.17) is 0 Å². The number of piperidine rings is 1. The minimum Gasteiger partial charge on any atom is -0.350 e. The average molecular weight is 261 g/mol. The lowest BCUT2D eigenvalue weighted by Crippen LogP contribution is -2.61. The number of benzene rings is 1. The van der Waals surface area contributed by atoms with E-state index in [-0.39, 0.29) is 5.91 Å². The molecule has 4 nitrogen and oxygen atoms in total. The monoisotopic (exact) mass is 261 g/mol. The highest BCUT2D eigenvalue weighted by Crippen LogP contribution is 2.18. The quantitative estimate of drug-likeness (QED) is 0.742. The molecule has 0 aromatic heterocycles. The Hall–Kier alpha value is -1.39. The van der Waals surface area contributed by atoms with E-state index in [9.17, 15) is 4.79 Å². The Kier molecular flexibility index (Phi) is 4.93. The molecule has 0 atom stereocenters. The third kappa shape index (κ3) is 3.55. The third-order valence-corrected chi connectivity index (χ3v) is 3.70. The van der Waals surface area contributed by atoms with Gasteiger partial charge in [-0.2, -0.15) is 0 Å². The Balaban J connectivity index is 1.96. The summed E-state index contributed by atoms with van der Waals surface area (Å²) in [5.74, 6) is 0.125. The molecular weight excluding hydrogens is 238 g/mol. The molecule has 0 radical (unpaired) electrons. The molecular formula is C15H23N3O. The van der Waals surface area contributed by atoms with Crippen molar-refractivity contribution in [2.24, 2.45) is 0 Å². The fourth-order valence-corrected chi connectivity index (χ4v) is 2.62. The predicted octanol–water partition coefficient (Wildman–Crippen LogP) is 1.03. The average Bonchev–Trinajstić information content (AvgIpc) is 2.47. The number of hydrogen-bond acceptors (Lipinski definition) is 3. The summed E-state index contributed by atoms with van der Waals surface area (Å²) in [6.07, 6.45) is 1.70. The number of rotatable bonds is 5. The van der Waals surface area contributed by atoms with Gasteiger partial charge in [0.1, 0.15) is 5.54 Å². The fourth-order valence-electron chi connectivity index (χ4n) is 2.62. The molecule has 104 valence electrons. The Morgan fingerprint density at radius 2 is 1.95 bits per heavy atom. The van der Waals surface area contributed by atoms with Crippen molar-refractivity contribution in [3.05, 3.63) is 35.9 Å². The zero-order valence-electron chi connectivity index (χ0n) is 11.5. The summed E-state index contributed by atoms with van der Waals surface area (Å²) in [5, 5.41) is 9.75. The fraction of sp³-hybridized carbons (Fsp3) is 0.533. The maximum atomic E-state index is 12.5. The molecule has 1 aliphatic rings. The van der Waals surface area contributed by atoms with Gasteiger partial charge in [-0.1, -0.05) is 37.3 Å². The van der Waals surface area contributed by atoms with Crippen molar-refractivity contribution in [1.82, 2.24) is 16.0 Å². The van der Waals surface area contributed by atoms with Crippen molar-refractivity contribution < 1.29 is 4.79 Å². The van der Waals surface area contributed by atoms with Crippen molar-refractivity contribution in [2.75, 3.05) is 19.6 Å². The van der Waals surface area contributed by atoms with Gasteiger partial charge in [-0.3, -0.25) is 4.79 Å². The number of nitrogens with one attached hydrogen (secondary N) is 3. The first kappa shape index (κ1) is 14.0. The van der Waals surface area contributed by atoms with Crippen LogP contribution in [0.5, 0.6) is 0 Å². The van der Waals surface area contributed by atoms with Crippen LogP contribution in [0.4, 0.5) is 0 Å². The van der Waals surface area contributed by atoms with Crippen LogP contribution in [0, 0.1) is 0 Å². The van der Waals surface area contributed by atoms with Gasteiger partial charge in [-0.05, 0) is 38.0 Å². The van der Waals surface area contributed by atoms with E-state index >= 15 is 0 Å². The molecule has 1 saturated heterocycles. The van der Waals surface area contributed by atoms with Crippen molar-refractivity contribution in [3.8, 4) is 0 Å². The summed E-state index contributed by atoms with van der Waals surface area (Å²) in [6, 6.07) is 10.0. The molecule has 0 spiro atoms. The number of carbonyl (C=O) groups is 1. The number of hydrogen-bond donors (Lipinski definition) is 3. The highest BCUT2D eigenvalue weighted by Gasteiger charge is 2.38. The van der Waals surface area contributed by atoms with E-state index in [0.29, 0.717) is 6.54 Å². The van der Waals surface area contributed by atoms with Crippen molar-refractivity contribution >= 4 is 5.91 Å². The largest absolute Gasteiger partial charge is 0.350 e. The van der Waals surface area contributed by atoms with Crippen LogP contribution in [0.15, 0.2) is 30.3 Å². The first-order chi connectivity index (χ1) is 9.27. The first-order valence-electron chi connectivity index (χ1n) is 7.05. The Bertz CT molecular complexity index is 394. The van der Waals surface area contributed by atoms with Gasteiger partial charge in [0.2, 0.25) is 5.91 Å². The topological polar surface area (TPSA) is 53.2 Å². The summed E-state index contributed by atoms with van der Waals surface area (Å²) in [6.45, 7) is 5.25. The maximum Gasteiger partial charge on any atom is 0.240 e. The molecule has 1 fully saturated rings. The van der Waals surface area contributed by atoms with Gasteiger partial charge < -0.3 is 16.0 Å². The molecule has 0 aliphatic carbocycles. The lowest BCUT2D eigenvalue weighted by atomic mass is 9.87. The Morgan fingerprint density at radius 1 is 1.26 bits per heavy atom. The van der Waals surface area contributed by atoms with E-state index in [1.165, 1.54) is 0 Å². The van der Waals surface area contributed by atoms with E-state index < -0.39 is 5.54 Å². The molecule has 0 bridgehead atoms. The summed E-state index contributed by atoms with van der Waals surface area (Å²) in [5.41, 5.74) is 0.742. The zero-order chi connectivity index (χ0) is 13.6. The number of carbonyl (C=O) groups excluding carboxylic acids is 1. The van der Waals surface area contributed by atoms with E-state index in [1.54, 1.807) is 0 Å². The second kappa shape index (κ2) is 6.68. The molecule has 0 saturated carbocycles. The molecule has 19 heavy (non-hydrogen) atoms. The van der Waals surface area contributed by atoms with Crippen LogP contribution in [0.1, 0.15) is 25.3 Å².